The van der Waals surface area contributed by atoms with Crippen LogP contribution in [0.1, 0.15) is 105 Å². The van der Waals surface area contributed by atoms with E-state index in [0.29, 0.717) is 81.0 Å². The molecule has 13 heteroatoms. The van der Waals surface area contributed by atoms with E-state index in [1.807, 2.05) is 19.1 Å². The number of hydrogen-bond donors (Lipinski definition) is 1. The van der Waals surface area contributed by atoms with Crippen molar-refractivity contribution in [1.82, 2.24) is 24.8 Å². The van der Waals surface area contributed by atoms with Gasteiger partial charge in [0.2, 0.25) is 5.88 Å². The molecule has 2 spiro atoms. The Morgan fingerprint density at radius 2 is 1.65 bits per heavy atom. The Morgan fingerprint density at radius 1 is 0.952 bits per heavy atom. The molecule has 11 rings (SSSR count). The zero-order valence-electron chi connectivity index (χ0n) is 37.0. The first-order valence-corrected chi connectivity index (χ1v) is 25.3. The van der Waals surface area contributed by atoms with E-state index in [9.17, 15) is 9.90 Å². The Balaban J connectivity index is 1.09. The van der Waals surface area contributed by atoms with Crippen LogP contribution < -0.4 is 14.4 Å². The van der Waals surface area contributed by atoms with Gasteiger partial charge in [-0.2, -0.15) is 9.97 Å². The van der Waals surface area contributed by atoms with Crippen molar-refractivity contribution in [3.63, 3.8) is 0 Å². The first-order valence-electron chi connectivity index (χ1n) is 23.1. The highest BCUT2D eigenvalue weighted by molar-refractivity contribution is 6.90. The van der Waals surface area contributed by atoms with Gasteiger partial charge < -0.3 is 19.5 Å². The summed E-state index contributed by atoms with van der Waals surface area (Å²) in [5, 5.41) is 11.9. The largest absolute Gasteiger partial charge is 0.472 e. The summed E-state index contributed by atoms with van der Waals surface area (Å²) in [6.07, 6.45) is 7.10. The smallest absolute Gasteiger partial charge is 0.407 e. The van der Waals surface area contributed by atoms with E-state index in [1.165, 1.54) is 31.7 Å². The van der Waals surface area contributed by atoms with E-state index in [4.69, 9.17) is 24.4 Å². The molecule has 2 bridgehead atoms. The number of benzene rings is 2. The second-order valence-electron chi connectivity index (χ2n) is 21.3. The van der Waals surface area contributed by atoms with Crippen molar-refractivity contribution in [2.45, 2.75) is 146 Å². The molecule has 6 fully saturated rings. The molecular weight excluding hydrogens is 803 g/mol. The number of hydrogen-bond acceptors (Lipinski definition) is 8. The topological polar surface area (TPSA) is 104 Å². The molecule has 7 aliphatic rings. The van der Waals surface area contributed by atoms with Gasteiger partial charge in [0, 0.05) is 30.6 Å². The fraction of sp³-hybridized carbons (Fsp3) is 0.592. The summed E-state index contributed by atoms with van der Waals surface area (Å²) >= 11 is 0. The predicted octanol–water partition coefficient (Wildman–Crippen LogP) is 9.96. The standard InChI is InChI=1S/C49H58F2N6O4Si/c1-27(2)62(28(3)4,29(5)6)20-15-33-35(50)13-11-31-9-8-10-34(37(31)33)40-39(51)41-38-43(56-21-32-12-14-36(57(32)46(58)59)42(56)30(7)61-44(38)52-40)54-45(53-41)60-26-49-22-47(16-17-47)24-55(49)25-48(23-49)18-19-48/h8-11,13,27-30,32,36,42H,12,14,16-19,21-26H2,1-7H3,(H,58,59). The molecule has 2 aliphatic carbocycles. The van der Waals surface area contributed by atoms with Crippen molar-refractivity contribution in [3.05, 3.63) is 47.5 Å². The highest BCUT2D eigenvalue weighted by Crippen LogP contribution is 2.67. The molecule has 4 unspecified atom stereocenters. The van der Waals surface area contributed by atoms with Gasteiger partial charge in [0.15, 0.2) is 5.82 Å². The summed E-state index contributed by atoms with van der Waals surface area (Å²) < 4.78 is 47.8. The van der Waals surface area contributed by atoms with Crippen LogP contribution in [0.25, 0.3) is 32.9 Å². The summed E-state index contributed by atoms with van der Waals surface area (Å²) in [7, 11) is -2.28. The quantitative estimate of drug-likeness (QED) is 0.144. The average molecular weight is 861 g/mol. The van der Waals surface area contributed by atoms with Crippen molar-refractivity contribution in [1.29, 1.82) is 0 Å². The molecule has 4 saturated heterocycles. The zero-order valence-corrected chi connectivity index (χ0v) is 38.0. The summed E-state index contributed by atoms with van der Waals surface area (Å²) in [4.78, 5) is 34.1. The van der Waals surface area contributed by atoms with Crippen LogP contribution in [0, 0.1) is 33.9 Å². The molecule has 1 N–H and O–H groups in total. The van der Waals surface area contributed by atoms with Gasteiger partial charge in [0.05, 0.1) is 29.2 Å². The molecule has 5 aliphatic heterocycles. The minimum Gasteiger partial charge on any atom is -0.472 e. The Hall–Kier alpha value is -4.54. The van der Waals surface area contributed by atoms with Gasteiger partial charge in [0.25, 0.3) is 0 Å². The van der Waals surface area contributed by atoms with E-state index >= 15 is 8.78 Å². The predicted molar refractivity (Wildman–Crippen MR) is 238 cm³/mol. The third kappa shape index (κ3) is 5.86. The number of fused-ring (bicyclic) bond motifs is 7. The lowest BCUT2D eigenvalue weighted by molar-refractivity contribution is 0.0706. The third-order valence-corrected chi connectivity index (χ3v) is 23.0. The van der Waals surface area contributed by atoms with Crippen LogP contribution in [0.15, 0.2) is 30.3 Å². The molecule has 7 heterocycles. The number of aromatic nitrogens is 3. The lowest BCUT2D eigenvalue weighted by Crippen LogP contribution is -2.64. The molecule has 2 aromatic heterocycles. The number of carbonyl (C=O) groups is 1. The summed E-state index contributed by atoms with van der Waals surface area (Å²) in [6.45, 7) is 18.3. The minimum absolute atomic E-state index is 0.0160. The van der Waals surface area contributed by atoms with E-state index in [0.717, 1.165) is 25.9 Å². The van der Waals surface area contributed by atoms with Crippen LogP contribution >= 0.6 is 0 Å². The number of pyridine rings is 1. The third-order valence-electron chi connectivity index (χ3n) is 16.7. The van der Waals surface area contributed by atoms with Crippen molar-refractivity contribution < 1.29 is 28.2 Å². The molecule has 1 amide bonds. The SMILES string of the molecule is CC1Oc2nc(-c3cccc4ccc(F)c(C#C[Si](C(C)C)(C(C)C)C(C)C)c34)c(F)c3nc(OCC45CC6(CC6)CN4CC4(CC4)C5)nc(c23)N2CC3CCC(C12)N3C(=O)O. The van der Waals surface area contributed by atoms with Crippen LogP contribution in [0.2, 0.25) is 16.6 Å². The number of anilines is 1. The molecule has 2 aromatic carbocycles. The second kappa shape index (κ2) is 13.7. The van der Waals surface area contributed by atoms with Crippen LogP contribution in [0.4, 0.5) is 19.4 Å². The second-order valence-corrected chi connectivity index (χ2v) is 26.9. The van der Waals surface area contributed by atoms with Gasteiger partial charge in [-0.25, -0.2) is 18.6 Å². The Kier molecular flexibility index (Phi) is 8.91. The van der Waals surface area contributed by atoms with Gasteiger partial charge in [-0.3, -0.25) is 9.80 Å². The van der Waals surface area contributed by atoms with Crippen molar-refractivity contribution in [2.24, 2.45) is 10.8 Å². The van der Waals surface area contributed by atoms with E-state index < -0.39 is 37.9 Å². The maximum absolute atomic E-state index is 18.0. The maximum atomic E-state index is 18.0. The summed E-state index contributed by atoms with van der Waals surface area (Å²) in [6, 6.07) is 7.72. The first kappa shape index (κ1) is 40.2. The molecule has 326 valence electrons. The van der Waals surface area contributed by atoms with E-state index in [-0.39, 0.29) is 46.3 Å². The van der Waals surface area contributed by atoms with Crippen LogP contribution in [0.3, 0.4) is 0 Å². The van der Waals surface area contributed by atoms with Gasteiger partial charge in [0.1, 0.15) is 49.0 Å². The van der Waals surface area contributed by atoms with Gasteiger partial charge in [-0.15, -0.1) is 5.54 Å². The van der Waals surface area contributed by atoms with E-state index in [1.54, 1.807) is 17.0 Å². The highest BCUT2D eigenvalue weighted by atomic mass is 28.3. The molecule has 62 heavy (non-hydrogen) atoms. The molecular formula is C49H58F2N6O4Si. The van der Waals surface area contributed by atoms with Gasteiger partial charge >= 0.3 is 12.1 Å². The van der Waals surface area contributed by atoms with Crippen LogP contribution in [0.5, 0.6) is 11.9 Å². The van der Waals surface area contributed by atoms with Crippen molar-refractivity contribution in [3.8, 4) is 34.6 Å². The number of rotatable bonds is 7. The fourth-order valence-electron chi connectivity index (χ4n) is 13.6. The lowest BCUT2D eigenvalue weighted by atomic mass is 9.85. The van der Waals surface area contributed by atoms with Crippen LogP contribution in [-0.4, -0.2) is 100 Å². The van der Waals surface area contributed by atoms with E-state index in [2.05, 4.69) is 62.8 Å². The average Bonchev–Trinajstić information content (AvgIpc) is 4.09. The minimum atomic E-state index is -2.28. The monoisotopic (exact) mass is 860 g/mol. The Labute approximate surface area is 363 Å². The Morgan fingerprint density at radius 3 is 2.29 bits per heavy atom. The summed E-state index contributed by atoms with van der Waals surface area (Å²) in [5.41, 5.74) is 5.97. The number of carboxylic acid groups (broad SMARTS) is 1. The zero-order chi connectivity index (χ0) is 43.2. The van der Waals surface area contributed by atoms with Crippen molar-refractivity contribution in [2.75, 3.05) is 31.1 Å². The normalized spacial score (nSPS) is 26.0. The molecule has 10 nitrogen and oxygen atoms in total. The van der Waals surface area contributed by atoms with Crippen LogP contribution in [-0.2, 0) is 0 Å². The number of ether oxygens (including phenoxy) is 2. The van der Waals surface area contributed by atoms with Crippen molar-refractivity contribution >= 4 is 41.7 Å². The Bertz CT molecular complexity index is 2570. The lowest BCUT2D eigenvalue weighted by Gasteiger charge is -2.47. The fourth-order valence-corrected chi connectivity index (χ4v) is 18.9. The molecule has 0 radical (unpaired) electrons. The number of nitrogens with zero attached hydrogens (tertiary/aromatic N) is 6. The summed E-state index contributed by atoms with van der Waals surface area (Å²) in [5.74, 6) is 2.83. The highest BCUT2D eigenvalue weighted by Gasteiger charge is 2.67. The molecule has 4 atom stereocenters. The number of piperazine rings is 1. The maximum Gasteiger partial charge on any atom is 0.407 e. The van der Waals surface area contributed by atoms with Gasteiger partial charge in [-0.05, 0) is 97.2 Å². The molecule has 4 aromatic rings. The first-order chi connectivity index (χ1) is 29.6. The van der Waals surface area contributed by atoms with Gasteiger partial charge in [-0.1, -0.05) is 71.7 Å². The number of halogens is 2. The molecule has 2 saturated carbocycles. The number of amides is 1.